The lowest BCUT2D eigenvalue weighted by molar-refractivity contribution is 0.201. The number of hydrogen-bond donors (Lipinski definition) is 0. The molecule has 1 aromatic carbocycles. The number of hydrogen-bond acceptors (Lipinski definition) is 2. The van der Waals surface area contributed by atoms with Gasteiger partial charge in [0.15, 0.2) is 0 Å². The summed E-state index contributed by atoms with van der Waals surface area (Å²) in [6.45, 7) is 14.6. The van der Waals surface area contributed by atoms with Crippen LogP contribution < -0.4 is 4.74 Å². The van der Waals surface area contributed by atoms with Gasteiger partial charge in [-0.2, -0.15) is 0 Å². The van der Waals surface area contributed by atoms with Gasteiger partial charge in [0.25, 0.3) is 0 Å². The third-order valence-corrected chi connectivity index (χ3v) is 3.89. The predicted molar refractivity (Wildman–Crippen MR) is 95.6 cm³/mol. The Labute approximate surface area is 141 Å². The SMILES string of the molecule is COCCc1cc(C(C)(C)C)c(OCCCl)cc1C(C)(C)C. The van der Waals surface area contributed by atoms with Gasteiger partial charge in [0.2, 0.25) is 0 Å². The Morgan fingerprint density at radius 1 is 0.909 bits per heavy atom. The number of alkyl halides is 1. The van der Waals surface area contributed by atoms with E-state index in [0.717, 1.165) is 18.8 Å². The van der Waals surface area contributed by atoms with Gasteiger partial charge in [-0.25, -0.2) is 0 Å². The van der Waals surface area contributed by atoms with Crippen LogP contribution in [0.4, 0.5) is 0 Å². The summed E-state index contributed by atoms with van der Waals surface area (Å²) in [4.78, 5) is 0. The van der Waals surface area contributed by atoms with Crippen molar-refractivity contribution in [2.75, 3.05) is 26.2 Å². The van der Waals surface area contributed by atoms with E-state index in [1.807, 2.05) is 0 Å². The number of halogens is 1. The van der Waals surface area contributed by atoms with Gasteiger partial charge >= 0.3 is 0 Å². The van der Waals surface area contributed by atoms with Gasteiger partial charge in [-0.1, -0.05) is 47.6 Å². The van der Waals surface area contributed by atoms with Crippen LogP contribution in [0.3, 0.4) is 0 Å². The molecule has 2 nitrogen and oxygen atoms in total. The Hall–Kier alpha value is -0.730. The molecule has 0 aliphatic rings. The molecule has 0 amide bonds. The summed E-state index contributed by atoms with van der Waals surface area (Å²) in [6, 6.07) is 4.50. The molecule has 0 bridgehead atoms. The molecule has 0 unspecified atom stereocenters. The van der Waals surface area contributed by atoms with Crippen molar-refractivity contribution in [3.05, 3.63) is 28.8 Å². The van der Waals surface area contributed by atoms with E-state index in [-0.39, 0.29) is 10.8 Å². The lowest BCUT2D eigenvalue weighted by Crippen LogP contribution is -2.20. The molecule has 3 heteroatoms. The standard InChI is InChI=1S/C19H31ClO2/c1-18(2,3)15-13-17(22-11-9-20)16(19(4,5)6)12-14(15)8-10-21-7/h12-13H,8-11H2,1-7H3. The van der Waals surface area contributed by atoms with Crippen molar-refractivity contribution >= 4 is 11.6 Å². The van der Waals surface area contributed by atoms with Crippen LogP contribution in [0, 0.1) is 0 Å². The van der Waals surface area contributed by atoms with Crippen LogP contribution in [-0.2, 0) is 22.0 Å². The highest BCUT2D eigenvalue weighted by molar-refractivity contribution is 6.18. The van der Waals surface area contributed by atoms with Crippen LogP contribution in [0.5, 0.6) is 5.75 Å². The van der Waals surface area contributed by atoms with Crippen LogP contribution in [0.1, 0.15) is 58.2 Å². The van der Waals surface area contributed by atoms with Gasteiger partial charge in [0.1, 0.15) is 12.4 Å². The van der Waals surface area contributed by atoms with E-state index in [9.17, 15) is 0 Å². The summed E-state index contributed by atoms with van der Waals surface area (Å²) in [5.41, 5.74) is 4.00. The van der Waals surface area contributed by atoms with E-state index in [2.05, 4.69) is 53.7 Å². The minimum Gasteiger partial charge on any atom is -0.492 e. The molecule has 1 rings (SSSR count). The highest BCUT2D eigenvalue weighted by Crippen LogP contribution is 2.38. The van der Waals surface area contributed by atoms with Gasteiger partial charge < -0.3 is 9.47 Å². The minimum atomic E-state index is 0.0277. The van der Waals surface area contributed by atoms with Gasteiger partial charge in [-0.05, 0) is 40.0 Å². The first-order valence-electron chi connectivity index (χ1n) is 7.97. The Kier molecular flexibility index (Phi) is 6.76. The zero-order valence-corrected chi connectivity index (χ0v) is 15.9. The fourth-order valence-electron chi connectivity index (χ4n) is 2.60. The Morgan fingerprint density at radius 2 is 1.50 bits per heavy atom. The molecule has 0 saturated carbocycles. The van der Waals surface area contributed by atoms with Crippen molar-refractivity contribution < 1.29 is 9.47 Å². The molecule has 0 saturated heterocycles. The summed E-state index contributed by atoms with van der Waals surface area (Å²) in [5, 5.41) is 0. The fourth-order valence-corrected chi connectivity index (χ4v) is 2.67. The third-order valence-electron chi connectivity index (χ3n) is 3.73. The molecule has 0 aliphatic heterocycles. The fraction of sp³-hybridized carbons (Fsp3) is 0.684. The summed E-state index contributed by atoms with van der Waals surface area (Å²) in [7, 11) is 1.75. The summed E-state index contributed by atoms with van der Waals surface area (Å²) in [5.74, 6) is 1.46. The average Bonchev–Trinajstić information content (AvgIpc) is 2.40. The molecule has 22 heavy (non-hydrogen) atoms. The molecular formula is C19H31ClO2. The molecule has 0 N–H and O–H groups in total. The van der Waals surface area contributed by atoms with Crippen molar-refractivity contribution in [3.63, 3.8) is 0 Å². The number of rotatable bonds is 6. The number of ether oxygens (including phenoxy) is 2. The van der Waals surface area contributed by atoms with Crippen molar-refractivity contribution in [3.8, 4) is 5.75 Å². The molecule has 0 atom stereocenters. The number of benzene rings is 1. The second-order valence-electron chi connectivity index (χ2n) is 7.79. The summed E-state index contributed by atoms with van der Waals surface area (Å²) < 4.78 is 11.2. The zero-order chi connectivity index (χ0) is 17.0. The van der Waals surface area contributed by atoms with Crippen molar-refractivity contribution in [2.45, 2.75) is 58.8 Å². The first-order chi connectivity index (χ1) is 10.1. The molecule has 0 radical (unpaired) electrons. The molecule has 1 aromatic rings. The lowest BCUT2D eigenvalue weighted by Gasteiger charge is -2.29. The molecular weight excluding hydrogens is 296 g/mol. The molecule has 126 valence electrons. The predicted octanol–water partition coefficient (Wildman–Crippen LogP) is 5.09. The van der Waals surface area contributed by atoms with Crippen LogP contribution in [0.15, 0.2) is 12.1 Å². The quantitative estimate of drug-likeness (QED) is 0.678. The monoisotopic (exact) mass is 326 g/mol. The maximum atomic E-state index is 5.94. The van der Waals surface area contributed by atoms with Gasteiger partial charge in [-0.15, -0.1) is 11.6 Å². The van der Waals surface area contributed by atoms with Crippen LogP contribution >= 0.6 is 11.6 Å². The maximum absolute atomic E-state index is 5.94. The lowest BCUT2D eigenvalue weighted by atomic mass is 9.78. The molecule has 0 aromatic heterocycles. The highest BCUT2D eigenvalue weighted by Gasteiger charge is 2.25. The minimum absolute atomic E-state index is 0.0277. The first-order valence-corrected chi connectivity index (χ1v) is 8.50. The average molecular weight is 327 g/mol. The highest BCUT2D eigenvalue weighted by atomic mass is 35.5. The topological polar surface area (TPSA) is 18.5 Å². The van der Waals surface area contributed by atoms with Crippen LogP contribution in [-0.4, -0.2) is 26.2 Å². The van der Waals surface area contributed by atoms with Crippen LogP contribution in [0.2, 0.25) is 0 Å². The Morgan fingerprint density at radius 3 is 1.95 bits per heavy atom. The van der Waals surface area contributed by atoms with E-state index in [1.165, 1.54) is 16.7 Å². The maximum Gasteiger partial charge on any atom is 0.123 e. The second kappa shape index (κ2) is 7.70. The Balaban J connectivity index is 3.42. The smallest absolute Gasteiger partial charge is 0.123 e. The second-order valence-corrected chi connectivity index (χ2v) is 8.16. The van der Waals surface area contributed by atoms with E-state index in [1.54, 1.807) is 7.11 Å². The first kappa shape index (κ1) is 19.3. The molecule has 0 fully saturated rings. The Bertz CT molecular complexity index is 436. The van der Waals surface area contributed by atoms with Gasteiger partial charge in [0, 0.05) is 7.11 Å². The van der Waals surface area contributed by atoms with Crippen molar-refractivity contribution in [1.29, 1.82) is 0 Å². The normalized spacial score (nSPS) is 12.5. The van der Waals surface area contributed by atoms with Gasteiger partial charge in [0.05, 0.1) is 12.5 Å². The molecule has 0 heterocycles. The van der Waals surface area contributed by atoms with E-state index in [0.29, 0.717) is 12.5 Å². The van der Waals surface area contributed by atoms with E-state index >= 15 is 0 Å². The van der Waals surface area contributed by atoms with Gasteiger partial charge in [-0.3, -0.25) is 0 Å². The summed E-state index contributed by atoms with van der Waals surface area (Å²) >= 11 is 5.81. The van der Waals surface area contributed by atoms with E-state index in [4.69, 9.17) is 21.1 Å². The largest absolute Gasteiger partial charge is 0.492 e. The molecule has 0 aliphatic carbocycles. The number of methoxy groups -OCH3 is 1. The third kappa shape index (κ3) is 5.17. The van der Waals surface area contributed by atoms with E-state index < -0.39 is 0 Å². The zero-order valence-electron chi connectivity index (χ0n) is 15.2. The van der Waals surface area contributed by atoms with Crippen molar-refractivity contribution in [1.82, 2.24) is 0 Å². The van der Waals surface area contributed by atoms with Crippen LogP contribution in [0.25, 0.3) is 0 Å². The molecule has 0 spiro atoms. The van der Waals surface area contributed by atoms with Crippen molar-refractivity contribution in [2.24, 2.45) is 0 Å². The summed E-state index contributed by atoms with van der Waals surface area (Å²) in [6.07, 6.45) is 0.919.